The molecule has 2 aromatic rings. The van der Waals surface area contributed by atoms with E-state index >= 15 is 0 Å². The highest BCUT2D eigenvalue weighted by Gasteiger charge is 2.56. The molecular weight excluding hydrogens is 232 g/mol. The Kier molecular flexibility index (Phi) is 1.64. The summed E-state index contributed by atoms with van der Waals surface area (Å²) < 4.78 is 8.60. The van der Waals surface area contributed by atoms with Gasteiger partial charge in [0, 0.05) is 0 Å². The van der Waals surface area contributed by atoms with Crippen LogP contribution in [0, 0.1) is 0 Å². The molecule has 0 spiro atoms. The zero-order chi connectivity index (χ0) is 12.5. The Labute approximate surface area is 102 Å². The summed E-state index contributed by atoms with van der Waals surface area (Å²) in [4.78, 5) is 24.7. The summed E-state index contributed by atoms with van der Waals surface area (Å²) in [5.41, 5.74) is -0.484. The van der Waals surface area contributed by atoms with Crippen molar-refractivity contribution < 1.29 is 4.74 Å². The van der Waals surface area contributed by atoms with Crippen molar-refractivity contribution in [3.63, 3.8) is 0 Å². The van der Waals surface area contributed by atoms with E-state index in [1.807, 2.05) is 6.92 Å². The van der Waals surface area contributed by atoms with Crippen LogP contribution in [0.1, 0.15) is 6.92 Å². The number of nitrogens with zero attached hydrogens (tertiary/aromatic N) is 2. The van der Waals surface area contributed by atoms with Crippen LogP contribution in [0.5, 0.6) is 0 Å². The van der Waals surface area contributed by atoms with Gasteiger partial charge in [0.2, 0.25) is 0 Å². The second-order valence-electron chi connectivity index (χ2n) is 5.21. The van der Waals surface area contributed by atoms with Crippen molar-refractivity contribution in [3.8, 4) is 0 Å². The lowest BCUT2D eigenvalue weighted by Gasteiger charge is -2.22. The molecular formula is C13H12N2O3. The molecule has 0 amide bonds. The Balaban J connectivity index is 2.13. The predicted molar refractivity (Wildman–Crippen MR) is 65.7 cm³/mol. The molecule has 2 aliphatic rings. The number of fused-ring (bicyclic) bond motifs is 3. The molecule has 1 saturated heterocycles. The maximum atomic E-state index is 12.4. The van der Waals surface area contributed by atoms with Crippen molar-refractivity contribution in [2.45, 2.75) is 31.7 Å². The molecule has 4 rings (SSSR count). The Morgan fingerprint density at radius 3 is 2.44 bits per heavy atom. The highest BCUT2D eigenvalue weighted by atomic mass is 16.6. The normalized spacial score (nSPS) is 28.8. The molecule has 0 bridgehead atoms. The van der Waals surface area contributed by atoms with Gasteiger partial charge in [0.05, 0.1) is 23.9 Å². The van der Waals surface area contributed by atoms with E-state index in [1.54, 1.807) is 24.3 Å². The molecule has 0 saturated carbocycles. The third-order valence-corrected chi connectivity index (χ3v) is 3.99. The minimum absolute atomic E-state index is 0.0655. The molecule has 92 valence electrons. The summed E-state index contributed by atoms with van der Waals surface area (Å²) in [5.74, 6) is 0. The number of ether oxygens (including phenoxy) is 1. The van der Waals surface area contributed by atoms with Gasteiger partial charge in [0.15, 0.2) is 0 Å². The van der Waals surface area contributed by atoms with Crippen LogP contribution in [0.25, 0.3) is 10.8 Å². The number of hydrogen-bond donors (Lipinski definition) is 0. The fraction of sp³-hybridized carbons (Fsp3) is 0.385. The third kappa shape index (κ3) is 1.09. The summed E-state index contributed by atoms with van der Waals surface area (Å²) in [6.45, 7) is 2.90. The first kappa shape index (κ1) is 10.1. The van der Waals surface area contributed by atoms with Crippen LogP contribution in [0.4, 0.5) is 0 Å². The molecule has 1 aromatic carbocycles. The van der Waals surface area contributed by atoms with E-state index in [0.717, 1.165) is 0 Å². The van der Waals surface area contributed by atoms with Gasteiger partial charge in [-0.1, -0.05) is 12.1 Å². The van der Waals surface area contributed by atoms with Crippen molar-refractivity contribution in [1.82, 2.24) is 9.36 Å². The van der Waals surface area contributed by atoms with Crippen LogP contribution >= 0.6 is 0 Å². The first-order valence-corrected chi connectivity index (χ1v) is 6.01. The third-order valence-electron chi connectivity index (χ3n) is 3.99. The maximum absolute atomic E-state index is 12.4. The van der Waals surface area contributed by atoms with Crippen LogP contribution in [0.15, 0.2) is 33.9 Å². The van der Waals surface area contributed by atoms with Crippen LogP contribution in [-0.4, -0.2) is 21.1 Å². The summed E-state index contributed by atoms with van der Waals surface area (Å²) in [5, 5.41) is 0.976. The largest absolute Gasteiger partial charge is 0.362 e. The van der Waals surface area contributed by atoms with Gasteiger partial charge in [-0.15, -0.1) is 0 Å². The van der Waals surface area contributed by atoms with Gasteiger partial charge in [0.25, 0.3) is 11.1 Å². The smallest absolute Gasteiger partial charge is 0.273 e. The van der Waals surface area contributed by atoms with Crippen LogP contribution in [0.2, 0.25) is 0 Å². The number of hydrogen-bond acceptors (Lipinski definition) is 3. The highest BCUT2D eigenvalue weighted by molar-refractivity contribution is 5.80. The lowest BCUT2D eigenvalue weighted by molar-refractivity contribution is 0.278. The molecule has 5 heteroatoms. The summed E-state index contributed by atoms with van der Waals surface area (Å²) in [6, 6.07) is 6.96. The van der Waals surface area contributed by atoms with E-state index in [1.165, 1.54) is 9.36 Å². The summed E-state index contributed by atoms with van der Waals surface area (Å²) >= 11 is 0. The second-order valence-corrected chi connectivity index (χ2v) is 5.21. The van der Waals surface area contributed by atoms with Gasteiger partial charge < -0.3 is 4.74 Å². The topological polar surface area (TPSA) is 56.5 Å². The minimum Gasteiger partial charge on any atom is -0.362 e. The molecule has 0 aliphatic carbocycles. The summed E-state index contributed by atoms with van der Waals surface area (Å²) in [6.07, 6.45) is 0.0655. The monoisotopic (exact) mass is 244 g/mol. The Hall–Kier alpha value is -1.88. The van der Waals surface area contributed by atoms with Gasteiger partial charge in [-0.25, -0.2) is 9.36 Å². The zero-order valence-electron chi connectivity index (χ0n) is 9.92. The van der Waals surface area contributed by atoms with Crippen LogP contribution in [0.3, 0.4) is 0 Å². The SMILES string of the molecule is C[C@@]12Cn3c(=O)c4ccccc4c(=O)n3C[C@@H]1O2. The van der Waals surface area contributed by atoms with Gasteiger partial charge in [-0.05, 0) is 19.1 Å². The van der Waals surface area contributed by atoms with E-state index in [0.29, 0.717) is 23.9 Å². The zero-order valence-corrected chi connectivity index (χ0v) is 9.92. The highest BCUT2D eigenvalue weighted by Crippen LogP contribution is 2.40. The lowest BCUT2D eigenvalue weighted by atomic mass is 10.1. The fourth-order valence-corrected chi connectivity index (χ4v) is 2.81. The first-order chi connectivity index (χ1) is 8.60. The predicted octanol–water partition coefficient (Wildman–Crippen LogP) is 0.334. The molecule has 18 heavy (non-hydrogen) atoms. The molecule has 0 N–H and O–H groups in total. The lowest BCUT2D eigenvalue weighted by Crippen LogP contribution is -2.46. The molecule has 2 atom stereocenters. The fourth-order valence-electron chi connectivity index (χ4n) is 2.81. The van der Waals surface area contributed by atoms with Gasteiger partial charge >= 0.3 is 0 Å². The quantitative estimate of drug-likeness (QED) is 0.628. The number of benzene rings is 1. The second kappa shape index (κ2) is 2.92. The average molecular weight is 244 g/mol. The molecule has 1 fully saturated rings. The van der Waals surface area contributed by atoms with E-state index < -0.39 is 0 Å². The van der Waals surface area contributed by atoms with Crippen molar-refractivity contribution in [2.75, 3.05) is 0 Å². The average Bonchev–Trinajstić information content (AvgIpc) is 3.04. The van der Waals surface area contributed by atoms with Crippen molar-refractivity contribution in [3.05, 3.63) is 45.0 Å². The number of rotatable bonds is 0. The number of aromatic nitrogens is 2. The Bertz CT molecular complexity index is 789. The van der Waals surface area contributed by atoms with E-state index in [4.69, 9.17) is 4.74 Å². The van der Waals surface area contributed by atoms with Crippen molar-refractivity contribution in [1.29, 1.82) is 0 Å². The first-order valence-electron chi connectivity index (χ1n) is 6.01. The molecule has 0 unspecified atom stereocenters. The van der Waals surface area contributed by atoms with E-state index in [2.05, 4.69) is 0 Å². The van der Waals surface area contributed by atoms with Gasteiger partial charge in [0.1, 0.15) is 11.7 Å². The van der Waals surface area contributed by atoms with Crippen LogP contribution in [-0.2, 0) is 17.8 Å². The van der Waals surface area contributed by atoms with Crippen LogP contribution < -0.4 is 11.1 Å². The van der Waals surface area contributed by atoms with Gasteiger partial charge in [-0.2, -0.15) is 0 Å². The molecule has 1 aromatic heterocycles. The molecule has 3 heterocycles. The van der Waals surface area contributed by atoms with E-state index in [9.17, 15) is 9.59 Å². The Morgan fingerprint density at radius 2 is 1.78 bits per heavy atom. The minimum atomic E-state index is -0.265. The standard InChI is InChI=1S/C13H12N2O3/c1-13-7-15-12(17)9-5-3-2-4-8(9)11(16)14(15)6-10(13)18-13/h2-5,10H,6-7H2,1H3/t10-,13+/m0/s1. The Morgan fingerprint density at radius 1 is 1.17 bits per heavy atom. The van der Waals surface area contributed by atoms with Gasteiger partial charge in [-0.3, -0.25) is 9.59 Å². The van der Waals surface area contributed by atoms with Crippen molar-refractivity contribution >= 4 is 10.8 Å². The summed E-state index contributed by atoms with van der Waals surface area (Å²) in [7, 11) is 0. The maximum Gasteiger partial charge on any atom is 0.273 e. The molecule has 2 aliphatic heterocycles. The number of epoxide rings is 1. The van der Waals surface area contributed by atoms with Crippen molar-refractivity contribution in [2.24, 2.45) is 0 Å². The molecule has 0 radical (unpaired) electrons. The van der Waals surface area contributed by atoms with E-state index in [-0.39, 0.29) is 22.8 Å². The molecule has 5 nitrogen and oxygen atoms in total.